The molecule has 134 valence electrons. The van der Waals surface area contributed by atoms with Gasteiger partial charge in [-0.1, -0.05) is 6.07 Å². The Morgan fingerprint density at radius 2 is 2.00 bits per heavy atom. The number of nitriles is 1. The van der Waals surface area contributed by atoms with Crippen molar-refractivity contribution in [2.45, 2.75) is 31.3 Å². The second-order valence-electron chi connectivity index (χ2n) is 7.08. The lowest BCUT2D eigenvalue weighted by molar-refractivity contribution is 0.163. The van der Waals surface area contributed by atoms with Crippen LogP contribution in [0.4, 0.5) is 4.79 Å². The van der Waals surface area contributed by atoms with Gasteiger partial charge in [0.1, 0.15) is 0 Å². The molecule has 2 N–H and O–H groups in total. The predicted molar refractivity (Wildman–Crippen MR) is 96.3 cm³/mol. The van der Waals surface area contributed by atoms with Crippen molar-refractivity contribution in [3.63, 3.8) is 0 Å². The van der Waals surface area contributed by atoms with Crippen LogP contribution in [0.1, 0.15) is 29.9 Å². The highest BCUT2D eigenvalue weighted by molar-refractivity contribution is 5.86. The Morgan fingerprint density at radius 1 is 1.27 bits per heavy atom. The summed E-state index contributed by atoms with van der Waals surface area (Å²) in [5, 5.41) is 21.9. The highest BCUT2D eigenvalue weighted by Crippen LogP contribution is 2.36. The van der Waals surface area contributed by atoms with Gasteiger partial charge in [0.2, 0.25) is 0 Å². The molecule has 3 heterocycles. The number of likely N-dealkylation sites (tertiary alicyclic amines) is 1. The quantitative estimate of drug-likeness (QED) is 0.876. The normalized spacial score (nSPS) is 20.2. The zero-order valence-electron chi connectivity index (χ0n) is 14.3. The number of hydrogen-bond acceptors (Lipinski definition) is 4. The zero-order chi connectivity index (χ0) is 18.3. The number of pyridine rings is 1. The van der Waals surface area contributed by atoms with Crippen molar-refractivity contribution < 1.29 is 9.90 Å². The summed E-state index contributed by atoms with van der Waals surface area (Å²) in [6.07, 6.45) is 0.585. The van der Waals surface area contributed by atoms with E-state index in [9.17, 15) is 14.9 Å². The third-order valence-electron chi connectivity index (χ3n) is 5.52. The molecule has 1 amide bonds. The number of nitrogens with one attached hydrogen (secondary N) is 1. The lowest BCUT2D eigenvalue weighted by atomic mass is 9.93. The van der Waals surface area contributed by atoms with Gasteiger partial charge in [0.15, 0.2) is 0 Å². The summed E-state index contributed by atoms with van der Waals surface area (Å²) < 4.78 is 1.79. The van der Waals surface area contributed by atoms with Crippen LogP contribution < -0.4 is 10.9 Å². The summed E-state index contributed by atoms with van der Waals surface area (Å²) in [4.78, 5) is 25.4. The summed E-state index contributed by atoms with van der Waals surface area (Å²) in [6, 6.07) is 9.44. The van der Waals surface area contributed by atoms with Crippen LogP contribution >= 0.6 is 0 Å². The SMILES string of the molecule is N#Cc1ccc2ccc(=O)n3c2c1C(CN1CCC(NC(=O)O)CC1)C3. The van der Waals surface area contributed by atoms with Crippen molar-refractivity contribution in [1.82, 2.24) is 14.8 Å². The molecular formula is C19H20N4O3. The Morgan fingerprint density at radius 3 is 2.69 bits per heavy atom. The Balaban J connectivity index is 1.57. The van der Waals surface area contributed by atoms with Crippen molar-refractivity contribution in [2.75, 3.05) is 19.6 Å². The number of rotatable bonds is 3. The molecule has 0 aliphatic carbocycles. The second-order valence-corrected chi connectivity index (χ2v) is 7.08. The highest BCUT2D eigenvalue weighted by atomic mass is 16.4. The summed E-state index contributed by atoms with van der Waals surface area (Å²) in [5.41, 5.74) is 2.49. The zero-order valence-corrected chi connectivity index (χ0v) is 14.3. The third-order valence-corrected chi connectivity index (χ3v) is 5.52. The average molecular weight is 352 g/mol. The molecule has 1 aromatic carbocycles. The minimum atomic E-state index is -0.973. The van der Waals surface area contributed by atoms with Gasteiger partial charge in [-0.05, 0) is 30.4 Å². The molecule has 2 aromatic rings. The molecule has 1 unspecified atom stereocenters. The van der Waals surface area contributed by atoms with E-state index in [0.717, 1.165) is 48.9 Å². The van der Waals surface area contributed by atoms with E-state index in [1.165, 1.54) is 0 Å². The number of carbonyl (C=O) groups is 1. The van der Waals surface area contributed by atoms with Crippen molar-refractivity contribution in [1.29, 1.82) is 5.26 Å². The fourth-order valence-corrected chi connectivity index (χ4v) is 4.32. The molecule has 0 radical (unpaired) electrons. The van der Waals surface area contributed by atoms with Crippen LogP contribution in [0.15, 0.2) is 29.1 Å². The van der Waals surface area contributed by atoms with Gasteiger partial charge < -0.3 is 19.9 Å². The van der Waals surface area contributed by atoms with E-state index in [2.05, 4.69) is 16.3 Å². The highest BCUT2D eigenvalue weighted by Gasteiger charge is 2.31. The van der Waals surface area contributed by atoms with Crippen LogP contribution in [-0.2, 0) is 6.54 Å². The molecule has 2 aliphatic heterocycles. The van der Waals surface area contributed by atoms with Gasteiger partial charge >= 0.3 is 6.09 Å². The van der Waals surface area contributed by atoms with Gasteiger partial charge in [-0.3, -0.25) is 4.79 Å². The standard InChI is InChI=1S/C19H20N4O3/c20-9-13-2-1-12-3-4-16(24)23-11-14(17(13)18(12)23)10-22-7-5-15(6-8-22)21-19(25)26/h1-4,14-15,21H,5-8,10-11H2,(H,25,26). The van der Waals surface area contributed by atoms with Crippen LogP contribution in [-0.4, -0.2) is 46.3 Å². The number of aromatic nitrogens is 1. The maximum atomic E-state index is 12.3. The Labute approximate surface area is 150 Å². The molecule has 4 rings (SSSR count). The molecular weight excluding hydrogens is 332 g/mol. The van der Waals surface area contributed by atoms with Crippen LogP contribution in [0.25, 0.3) is 10.9 Å². The summed E-state index contributed by atoms with van der Waals surface area (Å²) >= 11 is 0. The number of benzene rings is 1. The van der Waals surface area contributed by atoms with Crippen LogP contribution in [0.5, 0.6) is 0 Å². The Hall–Kier alpha value is -2.85. The number of nitrogens with zero attached hydrogens (tertiary/aromatic N) is 3. The lowest BCUT2D eigenvalue weighted by Gasteiger charge is -2.33. The van der Waals surface area contributed by atoms with Gasteiger partial charge in [0.25, 0.3) is 5.56 Å². The first-order valence-corrected chi connectivity index (χ1v) is 8.85. The van der Waals surface area contributed by atoms with Crippen molar-refractivity contribution in [3.8, 4) is 6.07 Å². The molecule has 1 saturated heterocycles. The first kappa shape index (κ1) is 16.6. The van der Waals surface area contributed by atoms with Crippen LogP contribution in [0, 0.1) is 11.3 Å². The average Bonchev–Trinajstić information content (AvgIpc) is 3.01. The van der Waals surface area contributed by atoms with Crippen molar-refractivity contribution in [2.24, 2.45) is 0 Å². The van der Waals surface area contributed by atoms with E-state index in [4.69, 9.17) is 5.11 Å². The van der Waals surface area contributed by atoms with Crippen molar-refractivity contribution in [3.05, 3.63) is 45.7 Å². The molecule has 1 atom stereocenters. The maximum absolute atomic E-state index is 12.3. The Kier molecular flexibility index (Phi) is 4.13. The van der Waals surface area contributed by atoms with Crippen molar-refractivity contribution >= 4 is 17.0 Å². The van der Waals surface area contributed by atoms with Crippen LogP contribution in [0.3, 0.4) is 0 Å². The molecule has 1 fully saturated rings. The molecule has 7 nitrogen and oxygen atoms in total. The molecule has 7 heteroatoms. The molecule has 1 aromatic heterocycles. The second kappa shape index (κ2) is 6.46. The Bertz CT molecular complexity index is 967. The fraction of sp³-hybridized carbons (Fsp3) is 0.421. The molecule has 2 aliphatic rings. The number of amides is 1. The van der Waals surface area contributed by atoms with E-state index >= 15 is 0 Å². The van der Waals surface area contributed by atoms with Gasteiger partial charge in [0, 0.05) is 49.8 Å². The summed E-state index contributed by atoms with van der Waals surface area (Å²) in [6.45, 7) is 2.99. The largest absolute Gasteiger partial charge is 0.465 e. The number of piperidine rings is 1. The smallest absolute Gasteiger partial charge is 0.404 e. The van der Waals surface area contributed by atoms with Gasteiger partial charge in [-0.25, -0.2) is 4.79 Å². The number of carboxylic acid groups (broad SMARTS) is 1. The van der Waals surface area contributed by atoms with Gasteiger partial charge in [-0.2, -0.15) is 5.26 Å². The molecule has 0 saturated carbocycles. The third kappa shape index (κ3) is 2.82. The fourth-order valence-electron chi connectivity index (χ4n) is 4.32. The number of hydrogen-bond donors (Lipinski definition) is 2. The van der Waals surface area contributed by atoms with E-state index < -0.39 is 6.09 Å². The minimum Gasteiger partial charge on any atom is -0.465 e. The first-order chi connectivity index (χ1) is 12.6. The molecule has 0 bridgehead atoms. The lowest BCUT2D eigenvalue weighted by Crippen LogP contribution is -2.45. The summed E-state index contributed by atoms with van der Waals surface area (Å²) in [7, 11) is 0. The van der Waals surface area contributed by atoms with E-state index in [-0.39, 0.29) is 17.5 Å². The van der Waals surface area contributed by atoms with E-state index in [1.807, 2.05) is 18.2 Å². The first-order valence-electron chi connectivity index (χ1n) is 8.85. The monoisotopic (exact) mass is 352 g/mol. The van der Waals surface area contributed by atoms with Crippen LogP contribution in [0.2, 0.25) is 0 Å². The summed E-state index contributed by atoms with van der Waals surface area (Å²) in [5.74, 6) is 0.104. The van der Waals surface area contributed by atoms with E-state index in [1.54, 1.807) is 10.6 Å². The molecule has 0 spiro atoms. The molecule has 26 heavy (non-hydrogen) atoms. The predicted octanol–water partition coefficient (Wildman–Crippen LogP) is 1.70. The van der Waals surface area contributed by atoms with Gasteiger partial charge in [0.05, 0.1) is 17.1 Å². The topological polar surface area (TPSA) is 98.4 Å². The minimum absolute atomic E-state index is 0.00486. The maximum Gasteiger partial charge on any atom is 0.404 e. The van der Waals surface area contributed by atoms with Gasteiger partial charge in [-0.15, -0.1) is 0 Å². The van der Waals surface area contributed by atoms with E-state index in [0.29, 0.717) is 12.1 Å².